The maximum Gasteiger partial charge on any atom is 0.272 e. The first-order valence-electron chi connectivity index (χ1n) is 8.98. The molecule has 1 aliphatic rings. The Morgan fingerprint density at radius 2 is 1.64 bits per heavy atom. The first kappa shape index (κ1) is 20.0. The minimum absolute atomic E-state index is 0.284. The van der Waals surface area contributed by atoms with Crippen LogP contribution in [0, 0.1) is 13.8 Å². The highest BCUT2D eigenvalue weighted by atomic mass is 32.2. The molecule has 2 aromatic rings. The van der Waals surface area contributed by atoms with E-state index in [4.69, 9.17) is 9.47 Å². The first-order chi connectivity index (χ1) is 13.4. The van der Waals surface area contributed by atoms with Crippen molar-refractivity contribution in [1.29, 1.82) is 0 Å². The van der Waals surface area contributed by atoms with Gasteiger partial charge in [0.1, 0.15) is 0 Å². The number of rotatable bonds is 6. The number of hydrogen-bond acceptors (Lipinski definition) is 5. The van der Waals surface area contributed by atoms with Crippen LogP contribution in [-0.2, 0) is 9.59 Å². The van der Waals surface area contributed by atoms with Crippen molar-refractivity contribution in [2.24, 2.45) is 0 Å². The zero-order valence-electron chi connectivity index (χ0n) is 16.7. The maximum absolute atomic E-state index is 13.4. The molecule has 0 atom stereocenters. The Morgan fingerprint density at radius 3 is 2.25 bits per heavy atom. The van der Waals surface area contributed by atoms with Crippen molar-refractivity contribution >= 4 is 34.8 Å². The molecule has 2 aromatic carbocycles. The topological polar surface area (TPSA) is 55.8 Å². The highest BCUT2D eigenvalue weighted by molar-refractivity contribution is 8.04. The minimum atomic E-state index is -0.319. The number of amides is 2. The predicted molar refractivity (Wildman–Crippen MR) is 113 cm³/mol. The molecule has 2 amide bonds. The second-order valence-corrected chi connectivity index (χ2v) is 7.72. The van der Waals surface area contributed by atoms with E-state index in [9.17, 15) is 9.59 Å². The number of benzene rings is 2. The largest absolute Gasteiger partial charge is 0.493 e. The molecular weight excluding hydrogens is 374 g/mol. The number of anilines is 1. The molecule has 0 N–H and O–H groups in total. The van der Waals surface area contributed by atoms with E-state index in [2.05, 4.69) is 0 Å². The summed E-state index contributed by atoms with van der Waals surface area (Å²) in [7, 11) is 3.10. The van der Waals surface area contributed by atoms with E-state index in [1.807, 2.05) is 39.0 Å². The summed E-state index contributed by atoms with van der Waals surface area (Å²) >= 11 is 1.38. The van der Waals surface area contributed by atoms with Gasteiger partial charge >= 0.3 is 0 Å². The third-order valence-electron chi connectivity index (χ3n) is 4.60. The molecule has 0 radical (unpaired) electrons. The summed E-state index contributed by atoms with van der Waals surface area (Å²) in [6, 6.07) is 11.0. The van der Waals surface area contributed by atoms with Gasteiger partial charge in [0, 0.05) is 0 Å². The molecule has 146 valence electrons. The fourth-order valence-corrected chi connectivity index (χ4v) is 4.16. The lowest BCUT2D eigenvalue weighted by Gasteiger charge is -2.18. The Morgan fingerprint density at radius 1 is 0.929 bits per heavy atom. The Balaban J connectivity index is 2.13. The van der Waals surface area contributed by atoms with Crippen LogP contribution < -0.4 is 14.4 Å². The zero-order chi connectivity index (χ0) is 20.4. The smallest absolute Gasteiger partial charge is 0.272 e. The van der Waals surface area contributed by atoms with Gasteiger partial charge in [0.25, 0.3) is 11.8 Å². The summed E-state index contributed by atoms with van der Waals surface area (Å²) in [6.45, 7) is 5.85. The molecule has 0 saturated heterocycles. The zero-order valence-corrected chi connectivity index (χ0v) is 17.5. The first-order valence-corrected chi connectivity index (χ1v) is 9.97. The summed E-state index contributed by atoms with van der Waals surface area (Å²) in [5, 5.41) is 0. The second kappa shape index (κ2) is 8.10. The molecule has 5 nitrogen and oxygen atoms in total. The fraction of sp³-hybridized carbons (Fsp3) is 0.273. The van der Waals surface area contributed by atoms with E-state index >= 15 is 0 Å². The second-order valence-electron chi connectivity index (χ2n) is 6.44. The van der Waals surface area contributed by atoms with Gasteiger partial charge in [-0.25, -0.2) is 4.90 Å². The predicted octanol–water partition coefficient (Wildman–Crippen LogP) is 4.36. The van der Waals surface area contributed by atoms with Gasteiger partial charge in [-0.1, -0.05) is 30.7 Å². The molecule has 3 rings (SSSR count). The number of carbonyl (C=O) groups is 2. The van der Waals surface area contributed by atoms with Gasteiger partial charge in [-0.15, -0.1) is 11.8 Å². The fourth-order valence-electron chi connectivity index (χ4n) is 3.31. The van der Waals surface area contributed by atoms with Gasteiger partial charge in [0.05, 0.1) is 30.4 Å². The average Bonchev–Trinajstić information content (AvgIpc) is 2.92. The Hall–Kier alpha value is -2.73. The number of imide groups is 1. The lowest BCUT2D eigenvalue weighted by Crippen LogP contribution is -2.32. The van der Waals surface area contributed by atoms with Crippen molar-refractivity contribution in [3.8, 4) is 11.5 Å². The van der Waals surface area contributed by atoms with E-state index in [1.54, 1.807) is 32.4 Å². The van der Waals surface area contributed by atoms with Crippen LogP contribution in [0.5, 0.6) is 11.5 Å². The van der Waals surface area contributed by atoms with Crippen LogP contribution in [0.1, 0.15) is 23.6 Å². The van der Waals surface area contributed by atoms with Crippen molar-refractivity contribution < 1.29 is 19.1 Å². The number of ether oxygens (including phenoxy) is 2. The third-order valence-corrected chi connectivity index (χ3v) is 5.55. The summed E-state index contributed by atoms with van der Waals surface area (Å²) in [4.78, 5) is 28.3. The summed E-state index contributed by atoms with van der Waals surface area (Å²) in [5.74, 6) is 1.16. The standard InChI is InChI=1S/C22H23NO4S/c1-6-28-20-19(15-8-10-17(26-4)18(12-15)27-5)21(24)23(22(20)25)16-9-7-13(2)11-14(16)3/h7-12H,6H2,1-5H3. The van der Waals surface area contributed by atoms with Crippen LogP contribution in [0.25, 0.3) is 5.57 Å². The van der Waals surface area contributed by atoms with Gasteiger partial charge < -0.3 is 9.47 Å². The highest BCUT2D eigenvalue weighted by Crippen LogP contribution is 2.41. The molecule has 0 spiro atoms. The highest BCUT2D eigenvalue weighted by Gasteiger charge is 2.40. The number of nitrogens with zero attached hydrogens (tertiary/aromatic N) is 1. The number of aryl methyl sites for hydroxylation is 2. The van der Waals surface area contributed by atoms with E-state index in [0.717, 1.165) is 11.1 Å². The van der Waals surface area contributed by atoms with Crippen molar-refractivity contribution in [3.63, 3.8) is 0 Å². The molecule has 1 heterocycles. The summed E-state index contributed by atoms with van der Waals surface area (Å²) in [6.07, 6.45) is 0. The van der Waals surface area contributed by atoms with E-state index in [0.29, 0.717) is 39.0 Å². The molecular formula is C22H23NO4S. The Kier molecular flexibility index (Phi) is 5.79. The Labute approximate surface area is 169 Å². The van der Waals surface area contributed by atoms with Crippen LogP contribution in [0.3, 0.4) is 0 Å². The van der Waals surface area contributed by atoms with Crippen molar-refractivity contribution in [2.45, 2.75) is 20.8 Å². The van der Waals surface area contributed by atoms with Gasteiger partial charge in [-0.3, -0.25) is 9.59 Å². The average molecular weight is 397 g/mol. The lowest BCUT2D eigenvalue weighted by molar-refractivity contribution is -0.119. The number of thioether (sulfide) groups is 1. The normalized spacial score (nSPS) is 14.1. The molecule has 0 bridgehead atoms. The molecule has 28 heavy (non-hydrogen) atoms. The monoisotopic (exact) mass is 397 g/mol. The minimum Gasteiger partial charge on any atom is -0.493 e. The van der Waals surface area contributed by atoms with Crippen LogP contribution in [0.15, 0.2) is 41.3 Å². The van der Waals surface area contributed by atoms with E-state index in [-0.39, 0.29) is 11.8 Å². The summed E-state index contributed by atoms with van der Waals surface area (Å²) in [5.41, 5.74) is 3.62. The molecule has 0 fully saturated rings. The van der Waals surface area contributed by atoms with Crippen molar-refractivity contribution in [2.75, 3.05) is 24.9 Å². The Bertz CT molecular complexity index is 980. The van der Waals surface area contributed by atoms with Crippen LogP contribution in [0.4, 0.5) is 5.69 Å². The van der Waals surface area contributed by atoms with Crippen LogP contribution in [-0.4, -0.2) is 31.8 Å². The van der Waals surface area contributed by atoms with E-state index in [1.165, 1.54) is 16.7 Å². The van der Waals surface area contributed by atoms with Gasteiger partial charge in [0.15, 0.2) is 11.5 Å². The van der Waals surface area contributed by atoms with Crippen molar-refractivity contribution in [1.82, 2.24) is 0 Å². The van der Waals surface area contributed by atoms with Gasteiger partial charge in [-0.05, 0) is 48.9 Å². The molecule has 0 unspecified atom stereocenters. The quantitative estimate of drug-likeness (QED) is 0.678. The molecule has 6 heteroatoms. The van der Waals surface area contributed by atoms with Crippen molar-refractivity contribution in [3.05, 3.63) is 58.0 Å². The third kappa shape index (κ3) is 3.40. The summed E-state index contributed by atoms with van der Waals surface area (Å²) < 4.78 is 10.7. The number of hydrogen-bond donors (Lipinski definition) is 0. The molecule has 0 saturated carbocycles. The number of carbonyl (C=O) groups excluding carboxylic acids is 2. The van der Waals surface area contributed by atoms with Gasteiger partial charge in [-0.2, -0.15) is 0 Å². The number of methoxy groups -OCH3 is 2. The van der Waals surface area contributed by atoms with Crippen LogP contribution >= 0.6 is 11.8 Å². The molecule has 0 aliphatic carbocycles. The van der Waals surface area contributed by atoms with E-state index < -0.39 is 0 Å². The molecule has 0 aromatic heterocycles. The SMILES string of the molecule is CCSC1=C(c2ccc(OC)c(OC)c2)C(=O)N(c2ccc(C)cc2C)C1=O. The van der Waals surface area contributed by atoms with Crippen LogP contribution in [0.2, 0.25) is 0 Å². The van der Waals surface area contributed by atoms with Gasteiger partial charge in [0.2, 0.25) is 0 Å². The maximum atomic E-state index is 13.4. The molecule has 1 aliphatic heterocycles. The lowest BCUT2D eigenvalue weighted by atomic mass is 10.0.